The molecule has 0 saturated heterocycles. The Morgan fingerprint density at radius 1 is 1.31 bits per heavy atom. The molecule has 0 unspecified atom stereocenters. The first kappa shape index (κ1) is 22.8. The van der Waals surface area contributed by atoms with Gasteiger partial charge in [0, 0.05) is 45.0 Å². The van der Waals surface area contributed by atoms with Gasteiger partial charge in [-0.25, -0.2) is 0 Å². The minimum Gasteiger partial charge on any atom is -0.383 e. The van der Waals surface area contributed by atoms with E-state index in [0.717, 1.165) is 16.5 Å². The Hall–Kier alpha value is -3.85. The van der Waals surface area contributed by atoms with Crippen molar-refractivity contribution < 1.29 is 15.8 Å². The average Bonchev–Trinajstić information content (AvgIpc) is 3.16. The number of methoxy groups -OCH3 is 1. The van der Waals surface area contributed by atoms with Crippen LogP contribution in [0.5, 0.6) is 0 Å². The molecule has 0 aliphatic rings. The zero-order chi connectivity index (χ0) is 23.3. The molecule has 3 aromatic rings. The second kappa shape index (κ2) is 9.97. The number of anilines is 1. The van der Waals surface area contributed by atoms with Gasteiger partial charge < -0.3 is 20.8 Å². The van der Waals surface area contributed by atoms with Crippen molar-refractivity contribution in [2.75, 3.05) is 19.0 Å². The summed E-state index contributed by atoms with van der Waals surface area (Å²) in [5, 5.41) is 18.9. The van der Waals surface area contributed by atoms with Crippen LogP contribution >= 0.6 is 0 Å². The molecule has 9 heteroatoms. The molecular weight excluding hydrogens is 408 g/mol. The zero-order valence-electron chi connectivity index (χ0n) is 18.5. The van der Waals surface area contributed by atoms with Gasteiger partial charge in [-0.1, -0.05) is 12.1 Å². The van der Waals surface area contributed by atoms with Gasteiger partial charge in [0.05, 0.1) is 29.7 Å². The van der Waals surface area contributed by atoms with Crippen molar-refractivity contribution in [3.05, 3.63) is 65.6 Å². The van der Waals surface area contributed by atoms with Gasteiger partial charge in [0.1, 0.15) is 5.57 Å². The van der Waals surface area contributed by atoms with Crippen LogP contribution in [-0.4, -0.2) is 52.0 Å². The standard InChI is InChI=1S/C23H26N6O3.H2/c1-14-7-8-25-21-9-16(5-6-18(14)21)20(24)10-19(22(30)27-15(2)13-32-4)23(31)28-17-11-26-29(3)12-17;/h5-12,15,24H,13H2,1-4H3,(H,27,30)(H,28,31);1H/b19-10-,24-20?;/t15-;/m0./s1. The molecule has 0 aliphatic heterocycles. The highest BCUT2D eigenvalue weighted by molar-refractivity contribution is 6.27. The van der Waals surface area contributed by atoms with Gasteiger partial charge in [0.2, 0.25) is 0 Å². The SMILES string of the molecule is COC[C@H](C)NC(=O)/C(=C/C(=N)c1ccc2c(C)ccnc2c1)C(=O)Nc1cnn(C)c1.[HH]. The maximum Gasteiger partial charge on any atom is 0.261 e. The number of aryl methyl sites for hydroxylation is 2. The number of ether oxygens (including phenoxy) is 1. The van der Waals surface area contributed by atoms with E-state index in [-0.39, 0.29) is 25.4 Å². The van der Waals surface area contributed by atoms with Crippen molar-refractivity contribution in [2.24, 2.45) is 7.05 Å². The number of hydrogen-bond donors (Lipinski definition) is 3. The molecule has 0 radical (unpaired) electrons. The molecule has 9 nitrogen and oxygen atoms in total. The van der Waals surface area contributed by atoms with Crippen LogP contribution in [0.2, 0.25) is 0 Å². The minimum absolute atomic E-state index is 0. The number of amides is 2. The molecule has 1 aromatic carbocycles. The number of pyridine rings is 1. The van der Waals surface area contributed by atoms with Gasteiger partial charge >= 0.3 is 0 Å². The van der Waals surface area contributed by atoms with E-state index in [0.29, 0.717) is 11.3 Å². The number of carbonyl (C=O) groups is 2. The third-order valence-electron chi connectivity index (χ3n) is 4.81. The van der Waals surface area contributed by atoms with Gasteiger partial charge in [-0.15, -0.1) is 0 Å². The maximum atomic E-state index is 12.9. The molecule has 0 fully saturated rings. The average molecular weight is 437 g/mol. The highest BCUT2D eigenvalue weighted by Gasteiger charge is 2.21. The topological polar surface area (TPSA) is 122 Å². The highest BCUT2D eigenvalue weighted by atomic mass is 16.5. The van der Waals surface area contributed by atoms with Crippen LogP contribution in [0.4, 0.5) is 5.69 Å². The van der Waals surface area contributed by atoms with E-state index < -0.39 is 11.8 Å². The number of nitrogens with one attached hydrogen (secondary N) is 3. The van der Waals surface area contributed by atoms with Crippen molar-refractivity contribution in [1.82, 2.24) is 20.1 Å². The quantitative estimate of drug-likeness (QED) is 0.217. The molecule has 0 bridgehead atoms. The smallest absolute Gasteiger partial charge is 0.261 e. The van der Waals surface area contributed by atoms with Crippen molar-refractivity contribution in [3.8, 4) is 0 Å². The van der Waals surface area contributed by atoms with Crippen LogP contribution in [0.15, 0.2) is 54.5 Å². The summed E-state index contributed by atoms with van der Waals surface area (Å²) in [6.45, 7) is 4.04. The number of hydrogen-bond acceptors (Lipinski definition) is 6. The lowest BCUT2D eigenvalue weighted by Crippen LogP contribution is -2.39. The van der Waals surface area contributed by atoms with Crippen LogP contribution < -0.4 is 10.6 Å². The Labute approximate surface area is 187 Å². The van der Waals surface area contributed by atoms with E-state index >= 15 is 0 Å². The lowest BCUT2D eigenvalue weighted by Gasteiger charge is -2.15. The number of fused-ring (bicyclic) bond motifs is 1. The van der Waals surface area contributed by atoms with Gasteiger partial charge in [-0.2, -0.15) is 5.10 Å². The molecule has 32 heavy (non-hydrogen) atoms. The maximum absolute atomic E-state index is 12.9. The minimum atomic E-state index is -0.639. The lowest BCUT2D eigenvalue weighted by atomic mass is 10.0. The normalized spacial score (nSPS) is 12.4. The van der Waals surface area contributed by atoms with Crippen molar-refractivity contribution in [2.45, 2.75) is 19.9 Å². The molecule has 3 N–H and O–H groups in total. The molecule has 2 amide bonds. The molecule has 2 heterocycles. The van der Waals surface area contributed by atoms with Gasteiger partial charge in [-0.05, 0) is 37.6 Å². The molecule has 2 aromatic heterocycles. The number of carbonyl (C=O) groups excluding carboxylic acids is 2. The summed E-state index contributed by atoms with van der Waals surface area (Å²) < 4.78 is 6.58. The summed E-state index contributed by atoms with van der Waals surface area (Å²) in [4.78, 5) is 30.1. The van der Waals surface area contributed by atoms with E-state index in [1.165, 1.54) is 24.1 Å². The van der Waals surface area contributed by atoms with Gasteiger partial charge in [-0.3, -0.25) is 19.3 Å². The van der Waals surface area contributed by atoms with Crippen LogP contribution in [0, 0.1) is 12.3 Å². The van der Waals surface area contributed by atoms with Crippen molar-refractivity contribution in [1.29, 1.82) is 5.41 Å². The summed E-state index contributed by atoms with van der Waals surface area (Å²) in [6, 6.07) is 7.02. The first-order valence-corrected chi connectivity index (χ1v) is 10.0. The lowest BCUT2D eigenvalue weighted by molar-refractivity contribution is -0.122. The van der Waals surface area contributed by atoms with Gasteiger partial charge in [0.25, 0.3) is 11.8 Å². The largest absolute Gasteiger partial charge is 0.383 e. The number of allylic oxidation sites excluding steroid dienone is 1. The number of benzene rings is 1. The Morgan fingerprint density at radius 3 is 2.78 bits per heavy atom. The van der Waals surface area contributed by atoms with Gasteiger partial charge in [0.15, 0.2) is 0 Å². The Balaban J connectivity index is 0.00000385. The van der Waals surface area contributed by atoms with Crippen LogP contribution in [0.3, 0.4) is 0 Å². The summed E-state index contributed by atoms with van der Waals surface area (Å²) >= 11 is 0. The summed E-state index contributed by atoms with van der Waals surface area (Å²) in [6.07, 6.45) is 6.06. The molecule has 168 valence electrons. The summed E-state index contributed by atoms with van der Waals surface area (Å²) in [5.41, 5.74) is 2.62. The fourth-order valence-electron chi connectivity index (χ4n) is 3.20. The number of rotatable bonds is 8. The molecule has 0 spiro atoms. The van der Waals surface area contributed by atoms with Crippen LogP contribution in [-0.2, 0) is 21.4 Å². The molecule has 1 atom stereocenters. The Bertz CT molecular complexity index is 1200. The fourth-order valence-corrected chi connectivity index (χ4v) is 3.20. The van der Waals surface area contributed by atoms with E-state index in [2.05, 4.69) is 20.7 Å². The van der Waals surface area contributed by atoms with Crippen LogP contribution in [0.1, 0.15) is 19.5 Å². The van der Waals surface area contributed by atoms with Crippen molar-refractivity contribution >= 4 is 34.1 Å². The second-order valence-corrected chi connectivity index (χ2v) is 7.52. The summed E-state index contributed by atoms with van der Waals surface area (Å²) in [7, 11) is 3.25. The van der Waals surface area contributed by atoms with E-state index in [1.54, 1.807) is 38.5 Å². The fraction of sp³-hybridized carbons (Fsp3) is 0.261. The van der Waals surface area contributed by atoms with E-state index in [9.17, 15) is 9.59 Å². The predicted molar refractivity (Wildman–Crippen MR) is 125 cm³/mol. The number of aromatic nitrogens is 3. The second-order valence-electron chi connectivity index (χ2n) is 7.52. The van der Waals surface area contributed by atoms with E-state index in [4.69, 9.17) is 10.1 Å². The third-order valence-corrected chi connectivity index (χ3v) is 4.81. The molecular formula is C23H28N6O3. The Morgan fingerprint density at radius 2 is 2.09 bits per heavy atom. The Kier molecular flexibility index (Phi) is 7.11. The van der Waals surface area contributed by atoms with E-state index in [1.807, 2.05) is 19.1 Å². The summed E-state index contributed by atoms with van der Waals surface area (Å²) in [5.74, 6) is -1.24. The molecule has 0 aliphatic carbocycles. The molecule has 3 rings (SSSR count). The predicted octanol–water partition coefficient (Wildman–Crippen LogP) is 2.61. The van der Waals surface area contributed by atoms with Crippen molar-refractivity contribution in [3.63, 3.8) is 0 Å². The molecule has 0 saturated carbocycles. The first-order chi connectivity index (χ1) is 15.3. The van der Waals surface area contributed by atoms with Crippen LogP contribution in [0.25, 0.3) is 10.9 Å². The monoisotopic (exact) mass is 436 g/mol. The zero-order valence-corrected chi connectivity index (χ0v) is 18.5. The highest BCUT2D eigenvalue weighted by Crippen LogP contribution is 2.18. The first-order valence-electron chi connectivity index (χ1n) is 10.0. The number of nitrogens with zero attached hydrogens (tertiary/aromatic N) is 3. The third kappa shape index (κ3) is 5.44.